The second-order valence-corrected chi connectivity index (χ2v) is 4.51. The lowest BCUT2D eigenvalue weighted by molar-refractivity contribution is -0.114. The van der Waals surface area contributed by atoms with Gasteiger partial charge in [-0.25, -0.2) is 0 Å². The summed E-state index contributed by atoms with van der Waals surface area (Å²) >= 11 is 0. The molecule has 1 rings (SSSR count). The largest absolute Gasteiger partial charge is 0.301 e. The Morgan fingerprint density at radius 1 is 1.33 bits per heavy atom. The standard InChI is InChI=1S/C13H23NO/c1-3-13(15)9-8-12(2)14-10-6-4-5-7-11-14/h3,12H,1,4-11H2,2H3. The zero-order valence-corrected chi connectivity index (χ0v) is 9.87. The van der Waals surface area contributed by atoms with E-state index in [0.29, 0.717) is 12.5 Å². The molecule has 1 aliphatic heterocycles. The van der Waals surface area contributed by atoms with Gasteiger partial charge in [0.1, 0.15) is 0 Å². The highest BCUT2D eigenvalue weighted by Crippen LogP contribution is 2.15. The monoisotopic (exact) mass is 209 g/mol. The molecular formula is C13H23NO. The van der Waals surface area contributed by atoms with Gasteiger partial charge in [0.25, 0.3) is 0 Å². The zero-order chi connectivity index (χ0) is 11.1. The molecule has 0 N–H and O–H groups in total. The van der Waals surface area contributed by atoms with Crippen molar-refractivity contribution in [2.24, 2.45) is 0 Å². The molecule has 1 unspecified atom stereocenters. The first-order chi connectivity index (χ1) is 7.24. The molecule has 86 valence electrons. The Balaban J connectivity index is 2.27. The lowest BCUT2D eigenvalue weighted by Gasteiger charge is -2.27. The van der Waals surface area contributed by atoms with Gasteiger partial charge < -0.3 is 4.90 Å². The van der Waals surface area contributed by atoms with Crippen LogP contribution in [0.1, 0.15) is 45.4 Å². The summed E-state index contributed by atoms with van der Waals surface area (Å²) in [4.78, 5) is 13.7. The highest BCUT2D eigenvalue weighted by atomic mass is 16.1. The van der Waals surface area contributed by atoms with Crippen molar-refractivity contribution >= 4 is 5.78 Å². The quantitative estimate of drug-likeness (QED) is 0.649. The predicted octanol–water partition coefficient (Wildman–Crippen LogP) is 2.79. The van der Waals surface area contributed by atoms with Crippen molar-refractivity contribution in [3.63, 3.8) is 0 Å². The molecule has 2 heteroatoms. The SMILES string of the molecule is C=CC(=O)CCC(C)N1CCCCCC1. The van der Waals surface area contributed by atoms with Gasteiger partial charge in [0.05, 0.1) is 0 Å². The Morgan fingerprint density at radius 3 is 2.47 bits per heavy atom. The topological polar surface area (TPSA) is 20.3 Å². The summed E-state index contributed by atoms with van der Waals surface area (Å²) in [6.45, 7) is 8.16. The number of nitrogens with zero attached hydrogens (tertiary/aromatic N) is 1. The van der Waals surface area contributed by atoms with E-state index in [2.05, 4.69) is 18.4 Å². The Bertz CT molecular complexity index is 205. The Hall–Kier alpha value is -0.630. The summed E-state index contributed by atoms with van der Waals surface area (Å²) < 4.78 is 0. The van der Waals surface area contributed by atoms with Crippen LogP contribution in [0, 0.1) is 0 Å². The molecule has 1 heterocycles. The van der Waals surface area contributed by atoms with Gasteiger partial charge in [-0.15, -0.1) is 0 Å². The highest BCUT2D eigenvalue weighted by Gasteiger charge is 2.15. The van der Waals surface area contributed by atoms with Crippen LogP contribution in [0.15, 0.2) is 12.7 Å². The molecule has 1 atom stereocenters. The van der Waals surface area contributed by atoms with Gasteiger partial charge in [0.15, 0.2) is 5.78 Å². The van der Waals surface area contributed by atoms with Gasteiger partial charge in [-0.2, -0.15) is 0 Å². The molecule has 0 spiro atoms. The predicted molar refractivity (Wildman–Crippen MR) is 63.9 cm³/mol. The van der Waals surface area contributed by atoms with Crippen molar-refractivity contribution < 1.29 is 4.79 Å². The minimum absolute atomic E-state index is 0.177. The van der Waals surface area contributed by atoms with E-state index in [1.165, 1.54) is 44.8 Å². The van der Waals surface area contributed by atoms with Crippen LogP contribution < -0.4 is 0 Å². The molecule has 0 aromatic rings. The lowest BCUT2D eigenvalue weighted by Crippen LogP contribution is -2.34. The maximum Gasteiger partial charge on any atom is 0.155 e. The zero-order valence-electron chi connectivity index (χ0n) is 9.87. The summed E-state index contributed by atoms with van der Waals surface area (Å²) in [6, 6.07) is 0.548. The number of hydrogen-bond donors (Lipinski definition) is 0. The normalized spacial score (nSPS) is 20.6. The fourth-order valence-corrected chi connectivity index (χ4v) is 2.17. The third-order valence-corrected chi connectivity index (χ3v) is 3.30. The Morgan fingerprint density at radius 2 is 1.93 bits per heavy atom. The third kappa shape index (κ3) is 4.61. The van der Waals surface area contributed by atoms with Crippen molar-refractivity contribution in [2.75, 3.05) is 13.1 Å². The number of carbonyl (C=O) groups excluding carboxylic acids is 1. The molecule has 1 aliphatic rings. The molecule has 0 aliphatic carbocycles. The second-order valence-electron chi connectivity index (χ2n) is 4.51. The second kappa shape index (κ2) is 6.78. The number of rotatable bonds is 5. The number of hydrogen-bond acceptors (Lipinski definition) is 2. The van der Waals surface area contributed by atoms with Crippen LogP contribution in [-0.2, 0) is 4.79 Å². The van der Waals surface area contributed by atoms with E-state index >= 15 is 0 Å². The van der Waals surface area contributed by atoms with Gasteiger partial charge >= 0.3 is 0 Å². The number of likely N-dealkylation sites (tertiary alicyclic amines) is 1. The van der Waals surface area contributed by atoms with Gasteiger partial charge in [-0.3, -0.25) is 4.79 Å². The molecule has 1 fully saturated rings. The van der Waals surface area contributed by atoms with Crippen LogP contribution in [0.4, 0.5) is 0 Å². The fraction of sp³-hybridized carbons (Fsp3) is 0.769. The molecule has 0 saturated carbocycles. The summed E-state index contributed by atoms with van der Waals surface area (Å²) in [5.74, 6) is 0.177. The Kier molecular flexibility index (Phi) is 5.62. The highest BCUT2D eigenvalue weighted by molar-refractivity contribution is 5.88. The summed E-state index contributed by atoms with van der Waals surface area (Å²) in [7, 11) is 0. The summed E-state index contributed by atoms with van der Waals surface area (Å²) in [5, 5.41) is 0. The molecule has 0 bridgehead atoms. The minimum atomic E-state index is 0.177. The molecule has 0 aromatic heterocycles. The third-order valence-electron chi connectivity index (χ3n) is 3.30. The maximum absolute atomic E-state index is 11.1. The van der Waals surface area contributed by atoms with Gasteiger partial charge in [-0.05, 0) is 45.4 Å². The maximum atomic E-state index is 11.1. The van der Waals surface area contributed by atoms with Gasteiger partial charge in [0, 0.05) is 12.5 Å². The van der Waals surface area contributed by atoms with Crippen molar-refractivity contribution in [3.05, 3.63) is 12.7 Å². The average Bonchev–Trinajstić information content (AvgIpc) is 2.53. The van der Waals surface area contributed by atoms with Crippen LogP contribution in [-0.4, -0.2) is 29.8 Å². The van der Waals surface area contributed by atoms with Crippen LogP contribution in [0.5, 0.6) is 0 Å². The molecule has 0 amide bonds. The van der Waals surface area contributed by atoms with E-state index in [1.807, 2.05) is 0 Å². The van der Waals surface area contributed by atoms with Crippen LogP contribution in [0.3, 0.4) is 0 Å². The van der Waals surface area contributed by atoms with E-state index in [1.54, 1.807) is 0 Å². The lowest BCUT2D eigenvalue weighted by atomic mass is 10.1. The first kappa shape index (κ1) is 12.4. The van der Waals surface area contributed by atoms with Crippen molar-refractivity contribution in [1.82, 2.24) is 4.90 Å². The van der Waals surface area contributed by atoms with Crippen LogP contribution in [0.25, 0.3) is 0 Å². The smallest absolute Gasteiger partial charge is 0.155 e. The minimum Gasteiger partial charge on any atom is -0.301 e. The van der Waals surface area contributed by atoms with Crippen molar-refractivity contribution in [2.45, 2.75) is 51.5 Å². The fourth-order valence-electron chi connectivity index (χ4n) is 2.17. The molecule has 0 aromatic carbocycles. The first-order valence-electron chi connectivity index (χ1n) is 6.13. The summed E-state index contributed by atoms with van der Waals surface area (Å²) in [5.41, 5.74) is 0. The molecule has 2 nitrogen and oxygen atoms in total. The molecular weight excluding hydrogens is 186 g/mol. The first-order valence-corrected chi connectivity index (χ1v) is 6.13. The number of ketones is 1. The summed E-state index contributed by atoms with van der Waals surface area (Å²) in [6.07, 6.45) is 8.45. The van der Waals surface area contributed by atoms with E-state index in [-0.39, 0.29) is 5.78 Å². The van der Waals surface area contributed by atoms with E-state index in [9.17, 15) is 4.79 Å². The van der Waals surface area contributed by atoms with Gasteiger partial charge in [-0.1, -0.05) is 19.4 Å². The average molecular weight is 209 g/mol. The van der Waals surface area contributed by atoms with E-state index < -0.39 is 0 Å². The van der Waals surface area contributed by atoms with Crippen molar-refractivity contribution in [1.29, 1.82) is 0 Å². The molecule has 15 heavy (non-hydrogen) atoms. The number of carbonyl (C=O) groups is 1. The van der Waals surface area contributed by atoms with E-state index in [4.69, 9.17) is 0 Å². The van der Waals surface area contributed by atoms with Crippen LogP contribution in [0.2, 0.25) is 0 Å². The number of allylic oxidation sites excluding steroid dienone is 1. The van der Waals surface area contributed by atoms with Crippen molar-refractivity contribution in [3.8, 4) is 0 Å². The van der Waals surface area contributed by atoms with Gasteiger partial charge in [0.2, 0.25) is 0 Å². The van der Waals surface area contributed by atoms with E-state index in [0.717, 1.165) is 6.42 Å². The molecule has 1 saturated heterocycles. The molecule has 0 radical (unpaired) electrons. The van der Waals surface area contributed by atoms with Crippen LogP contribution >= 0.6 is 0 Å². The Labute approximate surface area is 93.3 Å².